The van der Waals surface area contributed by atoms with E-state index in [1.54, 1.807) is 24.3 Å². The molecule has 44 valence electrons. The molecule has 0 fully saturated rings. The fraction of sp³-hybridized carbons (Fsp3) is 0. The minimum atomic E-state index is -1.80. The summed E-state index contributed by atoms with van der Waals surface area (Å²) in [5.41, 5.74) is 0. The first-order chi connectivity index (χ1) is 3.80. The van der Waals surface area contributed by atoms with Gasteiger partial charge in [-0.05, 0) is 0 Å². The van der Waals surface area contributed by atoms with Crippen molar-refractivity contribution in [1.29, 1.82) is 0 Å². The lowest BCUT2D eigenvalue weighted by atomic mass is 10.7. The van der Waals surface area contributed by atoms with Gasteiger partial charge in [-0.3, -0.25) is 0 Å². The van der Waals surface area contributed by atoms with E-state index in [1.807, 2.05) is 0 Å². The predicted molar refractivity (Wildman–Crippen MR) is 31.1 cm³/mol. The van der Waals surface area contributed by atoms with E-state index in [-0.39, 0.29) is 0 Å². The van der Waals surface area contributed by atoms with Crippen LogP contribution in [0.15, 0.2) is 29.2 Å². The van der Waals surface area contributed by atoms with Gasteiger partial charge in [0.1, 0.15) is 11.1 Å². The van der Waals surface area contributed by atoms with Crippen molar-refractivity contribution in [3.63, 3.8) is 0 Å². The lowest BCUT2D eigenvalue weighted by molar-refractivity contribution is 0.564. The minimum absolute atomic E-state index is 0.463. The lowest BCUT2D eigenvalue weighted by Crippen LogP contribution is -1.81. The van der Waals surface area contributed by atoms with Gasteiger partial charge in [0.15, 0.2) is 0 Å². The van der Waals surface area contributed by atoms with E-state index < -0.39 is 11.1 Å². The van der Waals surface area contributed by atoms with Crippen molar-refractivity contribution in [3.8, 4) is 0 Å². The Kier molecular flexibility index (Phi) is 1.50. The summed E-state index contributed by atoms with van der Waals surface area (Å²) in [6, 6.07) is 6.67. The quantitative estimate of drug-likeness (QED) is 0.453. The van der Waals surface area contributed by atoms with Crippen molar-refractivity contribution < 1.29 is 8.76 Å². The molecule has 1 rings (SSSR count). The Bertz CT molecular complexity index is 178. The minimum Gasteiger partial charge on any atom is -0.313 e. The van der Waals surface area contributed by atoms with Crippen LogP contribution in [0.25, 0.3) is 0 Å². The molecule has 1 N–H and O–H groups in total. The van der Waals surface area contributed by atoms with Crippen molar-refractivity contribution in [2.24, 2.45) is 0 Å². The van der Waals surface area contributed by atoms with E-state index in [9.17, 15) is 4.21 Å². The Hall–Kier alpha value is -0.540. The maximum Gasteiger partial charge on any atom is 0.115 e. The largest absolute Gasteiger partial charge is 0.313 e. The van der Waals surface area contributed by atoms with Gasteiger partial charge >= 0.3 is 0 Å². The zero-order chi connectivity index (χ0) is 5.98. The molecular formula is C5H5O2S-. The topological polar surface area (TPSA) is 37.3 Å². The van der Waals surface area contributed by atoms with Crippen LogP contribution in [0.3, 0.4) is 0 Å². The van der Waals surface area contributed by atoms with E-state index in [0.717, 1.165) is 0 Å². The van der Waals surface area contributed by atoms with Crippen molar-refractivity contribution in [3.05, 3.63) is 24.3 Å². The van der Waals surface area contributed by atoms with E-state index in [2.05, 4.69) is 0 Å². The molecule has 0 saturated carbocycles. The summed E-state index contributed by atoms with van der Waals surface area (Å²) in [5.74, 6) is 0. The summed E-state index contributed by atoms with van der Waals surface area (Å²) in [6.45, 7) is 0. The van der Waals surface area contributed by atoms with Crippen LogP contribution in [0, 0.1) is 0 Å². The van der Waals surface area contributed by atoms with E-state index >= 15 is 0 Å². The zero-order valence-electron chi connectivity index (χ0n) is 4.07. The summed E-state index contributed by atoms with van der Waals surface area (Å²) in [4.78, 5) is 0.463. The molecule has 3 heteroatoms. The zero-order valence-corrected chi connectivity index (χ0v) is 4.89. The fourth-order valence-electron chi connectivity index (χ4n) is 0.473. The third-order valence-electron chi connectivity index (χ3n) is 0.834. The molecule has 1 atom stereocenters. The molecule has 1 aromatic rings. The maximum atomic E-state index is 10.2. The van der Waals surface area contributed by atoms with Crippen LogP contribution in [-0.4, -0.2) is 8.76 Å². The molecule has 0 aliphatic rings. The molecule has 0 spiro atoms. The summed E-state index contributed by atoms with van der Waals surface area (Å²) in [6.07, 6.45) is 0. The Balaban J connectivity index is 2.93. The predicted octanol–water partition coefficient (Wildman–Crippen LogP) is 0.986. The molecule has 0 bridgehead atoms. The Morgan fingerprint density at radius 3 is 2.75 bits per heavy atom. The standard InChI is InChI=1S/C5H5O2S/c6-8(7)5-3-1-2-4-5/h1-4H,(H,6,7)/q-1. The molecule has 0 aliphatic heterocycles. The van der Waals surface area contributed by atoms with Crippen LogP contribution in [0.1, 0.15) is 0 Å². The molecule has 0 saturated heterocycles. The van der Waals surface area contributed by atoms with Crippen LogP contribution in [0.4, 0.5) is 0 Å². The van der Waals surface area contributed by atoms with Crippen molar-refractivity contribution >= 4 is 11.1 Å². The molecule has 8 heavy (non-hydrogen) atoms. The highest BCUT2D eigenvalue weighted by molar-refractivity contribution is 7.79. The van der Waals surface area contributed by atoms with E-state index in [4.69, 9.17) is 4.55 Å². The van der Waals surface area contributed by atoms with Crippen LogP contribution in [0.5, 0.6) is 0 Å². The van der Waals surface area contributed by atoms with Gasteiger partial charge in [-0.1, -0.05) is 4.90 Å². The fourth-order valence-corrected chi connectivity index (χ4v) is 0.863. The van der Waals surface area contributed by atoms with Crippen molar-refractivity contribution in [2.45, 2.75) is 4.90 Å². The van der Waals surface area contributed by atoms with E-state index in [1.165, 1.54) is 0 Å². The monoisotopic (exact) mass is 129 g/mol. The Morgan fingerprint density at radius 1 is 1.75 bits per heavy atom. The lowest BCUT2D eigenvalue weighted by Gasteiger charge is -1.91. The number of rotatable bonds is 1. The smallest absolute Gasteiger partial charge is 0.115 e. The second kappa shape index (κ2) is 2.15. The number of hydrogen-bond acceptors (Lipinski definition) is 1. The highest BCUT2D eigenvalue weighted by atomic mass is 32.2. The van der Waals surface area contributed by atoms with Crippen LogP contribution in [-0.2, 0) is 11.1 Å². The van der Waals surface area contributed by atoms with E-state index in [0.29, 0.717) is 4.90 Å². The highest BCUT2D eigenvalue weighted by Gasteiger charge is 1.83. The third-order valence-corrected chi connectivity index (χ3v) is 1.51. The average molecular weight is 129 g/mol. The third kappa shape index (κ3) is 0.993. The number of hydrogen-bond donors (Lipinski definition) is 1. The van der Waals surface area contributed by atoms with Gasteiger partial charge in [-0.2, -0.15) is 24.3 Å². The van der Waals surface area contributed by atoms with Gasteiger partial charge in [-0.25, -0.2) is 4.21 Å². The molecular weight excluding hydrogens is 124 g/mol. The summed E-state index contributed by atoms with van der Waals surface area (Å²) >= 11 is -1.80. The average Bonchev–Trinajstić information content (AvgIpc) is 2.12. The van der Waals surface area contributed by atoms with Crippen LogP contribution in [0.2, 0.25) is 0 Å². The second-order valence-corrected chi connectivity index (χ2v) is 2.34. The Morgan fingerprint density at radius 2 is 2.50 bits per heavy atom. The molecule has 0 amide bonds. The van der Waals surface area contributed by atoms with Gasteiger partial charge in [-0.15, -0.1) is 0 Å². The second-order valence-electron chi connectivity index (χ2n) is 1.37. The Labute approximate surface area is 49.8 Å². The summed E-state index contributed by atoms with van der Waals surface area (Å²) in [5, 5.41) is 0. The molecule has 0 heterocycles. The first-order valence-electron chi connectivity index (χ1n) is 2.13. The summed E-state index contributed by atoms with van der Waals surface area (Å²) in [7, 11) is 0. The van der Waals surface area contributed by atoms with Gasteiger partial charge in [0.25, 0.3) is 0 Å². The first-order valence-corrected chi connectivity index (χ1v) is 3.24. The molecule has 0 aromatic heterocycles. The molecule has 1 unspecified atom stereocenters. The van der Waals surface area contributed by atoms with Gasteiger partial charge in [0, 0.05) is 0 Å². The van der Waals surface area contributed by atoms with Crippen molar-refractivity contribution in [1.82, 2.24) is 0 Å². The SMILES string of the molecule is O=S(O)c1cc[cH-]c1. The van der Waals surface area contributed by atoms with Crippen LogP contribution >= 0.6 is 0 Å². The molecule has 1 aromatic carbocycles. The van der Waals surface area contributed by atoms with Gasteiger partial charge < -0.3 is 4.55 Å². The summed E-state index contributed by atoms with van der Waals surface area (Å²) < 4.78 is 18.6. The van der Waals surface area contributed by atoms with Gasteiger partial charge in [0.2, 0.25) is 0 Å². The maximum absolute atomic E-state index is 10.2. The molecule has 0 aliphatic carbocycles. The molecule has 0 radical (unpaired) electrons. The first kappa shape index (κ1) is 5.59. The normalized spacial score (nSPS) is 13.6. The van der Waals surface area contributed by atoms with Crippen LogP contribution < -0.4 is 0 Å². The van der Waals surface area contributed by atoms with Crippen molar-refractivity contribution in [2.75, 3.05) is 0 Å². The highest BCUT2D eigenvalue weighted by Crippen LogP contribution is 2.02. The molecule has 2 nitrogen and oxygen atoms in total. The van der Waals surface area contributed by atoms with Gasteiger partial charge in [0.05, 0.1) is 0 Å².